The minimum Gasteiger partial charge on any atom is -0.484 e. The first-order chi connectivity index (χ1) is 17.0. The Balaban J connectivity index is 1.35. The second-order valence-corrected chi connectivity index (χ2v) is 8.99. The number of aromatic nitrogens is 3. The highest BCUT2D eigenvalue weighted by Crippen LogP contribution is 2.48. The van der Waals surface area contributed by atoms with Gasteiger partial charge in [-0.3, -0.25) is 9.59 Å². The Kier molecular flexibility index (Phi) is 6.13. The van der Waals surface area contributed by atoms with E-state index in [0.29, 0.717) is 22.2 Å². The van der Waals surface area contributed by atoms with Crippen molar-refractivity contribution in [2.45, 2.75) is 24.7 Å². The van der Waals surface area contributed by atoms with E-state index in [0.717, 1.165) is 41.7 Å². The standard InChI is InChI=1S/C26H24ClN5O3/c1-28-23(33)15-35-19-7-8-20-21(13-19)31-25(30-20)26(10-3-11-26)17-6-9-22(29-14-17)32-24(34)16-4-2-5-18(27)12-16/h2,4-9,12-14H,3,10-11,15H2,1H3,(H,28,33)(H,30,31)(H,29,32,34). The second-order valence-electron chi connectivity index (χ2n) is 8.56. The lowest BCUT2D eigenvalue weighted by Gasteiger charge is -2.40. The number of fused-ring (bicyclic) bond motifs is 1. The minimum absolute atomic E-state index is 0.0429. The number of benzene rings is 2. The van der Waals surface area contributed by atoms with Gasteiger partial charge in [0.25, 0.3) is 11.8 Å². The first-order valence-electron chi connectivity index (χ1n) is 11.3. The van der Waals surface area contributed by atoms with Crippen molar-refractivity contribution in [2.75, 3.05) is 19.0 Å². The average Bonchev–Trinajstić information content (AvgIpc) is 3.26. The molecule has 2 aromatic heterocycles. The number of anilines is 1. The van der Waals surface area contributed by atoms with E-state index in [-0.39, 0.29) is 23.8 Å². The summed E-state index contributed by atoms with van der Waals surface area (Å²) in [5.41, 5.74) is 2.93. The monoisotopic (exact) mass is 489 g/mol. The van der Waals surface area contributed by atoms with Crippen LogP contribution in [0.5, 0.6) is 5.75 Å². The number of amides is 2. The molecule has 2 amide bonds. The van der Waals surface area contributed by atoms with Crippen LogP contribution in [0, 0.1) is 0 Å². The van der Waals surface area contributed by atoms with Crippen molar-refractivity contribution in [2.24, 2.45) is 0 Å². The topological polar surface area (TPSA) is 109 Å². The van der Waals surface area contributed by atoms with Gasteiger partial charge in [-0.05, 0) is 54.8 Å². The molecule has 1 aliphatic rings. The lowest BCUT2D eigenvalue weighted by atomic mass is 9.64. The number of likely N-dealkylation sites (N-methyl/N-ethyl adjacent to an activating group) is 1. The number of carbonyl (C=O) groups is 2. The highest BCUT2D eigenvalue weighted by Gasteiger charge is 2.43. The van der Waals surface area contributed by atoms with E-state index >= 15 is 0 Å². The van der Waals surface area contributed by atoms with Crippen LogP contribution in [0.3, 0.4) is 0 Å². The minimum atomic E-state index is -0.266. The highest BCUT2D eigenvalue weighted by molar-refractivity contribution is 6.31. The van der Waals surface area contributed by atoms with E-state index in [1.807, 2.05) is 30.3 Å². The Labute approximate surface area is 207 Å². The summed E-state index contributed by atoms with van der Waals surface area (Å²) >= 11 is 5.99. The second kappa shape index (κ2) is 9.38. The van der Waals surface area contributed by atoms with E-state index < -0.39 is 0 Å². The number of imidazole rings is 1. The lowest BCUT2D eigenvalue weighted by Crippen LogP contribution is -2.36. The number of carbonyl (C=O) groups excluding carboxylic acids is 2. The number of hydrogen-bond acceptors (Lipinski definition) is 5. The number of H-pyrrole nitrogens is 1. The van der Waals surface area contributed by atoms with Crippen LogP contribution in [0.1, 0.15) is 41.0 Å². The Morgan fingerprint density at radius 1 is 1.14 bits per heavy atom. The fraction of sp³-hybridized carbons (Fsp3) is 0.231. The molecule has 8 nitrogen and oxygen atoms in total. The van der Waals surface area contributed by atoms with Crippen LogP contribution in [0.4, 0.5) is 5.82 Å². The van der Waals surface area contributed by atoms with E-state index in [1.54, 1.807) is 37.5 Å². The van der Waals surface area contributed by atoms with Gasteiger partial charge in [-0.2, -0.15) is 0 Å². The predicted octanol–water partition coefficient (Wildman–Crippen LogP) is 4.46. The maximum atomic E-state index is 12.5. The molecule has 35 heavy (non-hydrogen) atoms. The summed E-state index contributed by atoms with van der Waals surface area (Å²) in [6.45, 7) is -0.0429. The van der Waals surface area contributed by atoms with Gasteiger partial charge in [0, 0.05) is 29.9 Å². The smallest absolute Gasteiger partial charge is 0.257 e. The molecule has 1 aliphatic carbocycles. The van der Waals surface area contributed by atoms with Gasteiger partial charge in [-0.15, -0.1) is 0 Å². The molecule has 0 spiro atoms. The van der Waals surface area contributed by atoms with Gasteiger partial charge < -0.3 is 20.4 Å². The Bertz CT molecular complexity index is 1400. The van der Waals surface area contributed by atoms with Crippen molar-refractivity contribution >= 4 is 40.3 Å². The molecular weight excluding hydrogens is 466 g/mol. The van der Waals surface area contributed by atoms with Gasteiger partial charge in [0.2, 0.25) is 0 Å². The van der Waals surface area contributed by atoms with Gasteiger partial charge in [-0.1, -0.05) is 30.2 Å². The molecule has 0 radical (unpaired) electrons. The van der Waals surface area contributed by atoms with Crippen molar-refractivity contribution < 1.29 is 14.3 Å². The molecule has 2 heterocycles. The van der Waals surface area contributed by atoms with E-state index in [1.165, 1.54) is 0 Å². The third kappa shape index (κ3) is 4.57. The molecule has 0 unspecified atom stereocenters. The summed E-state index contributed by atoms with van der Waals surface area (Å²) in [6, 6.07) is 16.1. The van der Waals surface area contributed by atoms with Crippen molar-refractivity contribution in [3.8, 4) is 5.75 Å². The SMILES string of the molecule is CNC(=O)COc1ccc2nc(C3(c4ccc(NC(=O)c5cccc(Cl)c5)nc4)CCC3)[nH]c2c1. The molecule has 5 rings (SSSR count). The Morgan fingerprint density at radius 3 is 2.69 bits per heavy atom. The summed E-state index contributed by atoms with van der Waals surface area (Å²) < 4.78 is 5.56. The van der Waals surface area contributed by atoms with Crippen LogP contribution < -0.4 is 15.4 Å². The fourth-order valence-corrected chi connectivity index (χ4v) is 4.48. The summed E-state index contributed by atoms with van der Waals surface area (Å²) in [7, 11) is 1.57. The molecule has 0 bridgehead atoms. The largest absolute Gasteiger partial charge is 0.484 e. The number of nitrogens with zero attached hydrogens (tertiary/aromatic N) is 2. The van der Waals surface area contributed by atoms with E-state index in [4.69, 9.17) is 21.3 Å². The fourth-order valence-electron chi connectivity index (χ4n) is 4.29. The van der Waals surface area contributed by atoms with E-state index in [9.17, 15) is 9.59 Å². The highest BCUT2D eigenvalue weighted by atomic mass is 35.5. The Morgan fingerprint density at radius 2 is 2.00 bits per heavy atom. The van der Waals surface area contributed by atoms with Crippen molar-refractivity contribution in [1.29, 1.82) is 0 Å². The van der Waals surface area contributed by atoms with E-state index in [2.05, 4.69) is 20.6 Å². The molecule has 9 heteroatoms. The normalized spacial score (nSPS) is 14.2. The van der Waals surface area contributed by atoms with Gasteiger partial charge in [-0.25, -0.2) is 9.97 Å². The zero-order chi connectivity index (χ0) is 24.4. The zero-order valence-corrected chi connectivity index (χ0v) is 19.9. The summed E-state index contributed by atoms with van der Waals surface area (Å²) in [5, 5.41) is 5.86. The first-order valence-corrected chi connectivity index (χ1v) is 11.7. The first kappa shape index (κ1) is 22.9. The molecular formula is C26H24ClN5O3. The molecule has 1 saturated carbocycles. The number of halogens is 1. The maximum Gasteiger partial charge on any atom is 0.257 e. The molecule has 1 fully saturated rings. The van der Waals surface area contributed by atoms with Crippen molar-refractivity contribution in [3.63, 3.8) is 0 Å². The third-order valence-corrected chi connectivity index (χ3v) is 6.64. The van der Waals surface area contributed by atoms with Gasteiger partial charge in [0.05, 0.1) is 16.4 Å². The Hall–Kier alpha value is -3.91. The predicted molar refractivity (Wildman–Crippen MR) is 134 cm³/mol. The van der Waals surface area contributed by atoms with Crippen LogP contribution in [0.25, 0.3) is 11.0 Å². The lowest BCUT2D eigenvalue weighted by molar-refractivity contribution is -0.122. The zero-order valence-electron chi connectivity index (χ0n) is 19.1. The number of aromatic amines is 1. The number of ether oxygens (including phenoxy) is 1. The van der Waals surface area contributed by atoms with Crippen LogP contribution in [0.2, 0.25) is 5.02 Å². The van der Waals surface area contributed by atoms with Crippen molar-refractivity contribution in [1.82, 2.24) is 20.3 Å². The van der Waals surface area contributed by atoms with Crippen LogP contribution in [-0.2, 0) is 10.2 Å². The van der Waals surface area contributed by atoms with Gasteiger partial charge in [0.1, 0.15) is 17.4 Å². The molecule has 0 saturated heterocycles. The molecule has 2 aromatic carbocycles. The molecule has 0 aliphatic heterocycles. The van der Waals surface area contributed by atoms with Crippen LogP contribution >= 0.6 is 11.6 Å². The molecule has 178 valence electrons. The summed E-state index contributed by atoms with van der Waals surface area (Å²) in [4.78, 5) is 36.8. The number of rotatable bonds is 7. The number of nitrogens with one attached hydrogen (secondary N) is 3. The van der Waals surface area contributed by atoms with Gasteiger partial charge >= 0.3 is 0 Å². The van der Waals surface area contributed by atoms with Crippen molar-refractivity contribution in [3.05, 3.63) is 82.8 Å². The summed E-state index contributed by atoms with van der Waals surface area (Å²) in [6.07, 6.45) is 4.79. The number of hydrogen-bond donors (Lipinski definition) is 3. The third-order valence-electron chi connectivity index (χ3n) is 6.41. The number of pyridine rings is 1. The molecule has 4 aromatic rings. The quantitative estimate of drug-likeness (QED) is 0.355. The maximum absolute atomic E-state index is 12.5. The van der Waals surface area contributed by atoms with Gasteiger partial charge in [0.15, 0.2) is 6.61 Å². The van der Waals surface area contributed by atoms with Crippen LogP contribution in [0.15, 0.2) is 60.8 Å². The van der Waals surface area contributed by atoms with Crippen LogP contribution in [-0.4, -0.2) is 40.4 Å². The molecule has 3 N–H and O–H groups in total. The molecule has 0 atom stereocenters. The summed E-state index contributed by atoms with van der Waals surface area (Å²) in [5.74, 6) is 1.48. The average molecular weight is 490 g/mol.